The van der Waals surface area contributed by atoms with Crippen molar-refractivity contribution >= 4 is 28.3 Å². The molecule has 0 aliphatic heterocycles. The van der Waals surface area contributed by atoms with E-state index in [0.29, 0.717) is 0 Å². The van der Waals surface area contributed by atoms with Crippen molar-refractivity contribution in [1.29, 1.82) is 0 Å². The Morgan fingerprint density at radius 2 is 2.18 bits per heavy atom. The molecule has 0 fully saturated rings. The van der Waals surface area contributed by atoms with Crippen LogP contribution >= 0.6 is 22.6 Å². The number of halogens is 1. The maximum Gasteiger partial charge on any atom is 0.0380 e. The van der Waals surface area contributed by atoms with Gasteiger partial charge in [-0.25, -0.2) is 0 Å². The van der Waals surface area contributed by atoms with Gasteiger partial charge in [-0.15, -0.1) is 0 Å². The minimum Gasteiger partial charge on any atom is -0.388 e. The number of anilines is 1. The first kappa shape index (κ1) is 8.84. The van der Waals surface area contributed by atoms with E-state index in [1.165, 1.54) is 16.8 Å². The van der Waals surface area contributed by atoms with Gasteiger partial charge in [-0.05, 0) is 24.1 Å². The second-order valence-electron chi connectivity index (χ2n) is 2.54. The highest BCUT2D eigenvalue weighted by atomic mass is 127. The van der Waals surface area contributed by atoms with E-state index in [9.17, 15) is 0 Å². The Bertz CT molecular complexity index is 245. The lowest BCUT2D eigenvalue weighted by Crippen LogP contribution is -1.93. The highest BCUT2D eigenvalue weighted by Gasteiger charge is 1.97. The summed E-state index contributed by atoms with van der Waals surface area (Å²) in [5.74, 6) is 0. The second kappa shape index (κ2) is 3.95. The molecule has 2 heteroatoms. The van der Waals surface area contributed by atoms with Gasteiger partial charge in [-0.1, -0.05) is 34.7 Å². The predicted molar refractivity (Wildman–Crippen MR) is 58.4 cm³/mol. The van der Waals surface area contributed by atoms with E-state index in [0.717, 1.165) is 4.43 Å². The highest BCUT2D eigenvalue weighted by Crippen LogP contribution is 2.19. The molecular formula is C9H12IN. The molecule has 0 saturated carbocycles. The Hall–Kier alpha value is -0.250. The number of alkyl halides is 1. The minimum atomic E-state index is 1.06. The smallest absolute Gasteiger partial charge is 0.0380 e. The van der Waals surface area contributed by atoms with E-state index in [4.69, 9.17) is 0 Å². The largest absolute Gasteiger partial charge is 0.388 e. The second-order valence-corrected chi connectivity index (χ2v) is 3.31. The molecule has 0 aliphatic carbocycles. The van der Waals surface area contributed by atoms with Crippen LogP contribution < -0.4 is 5.32 Å². The molecule has 0 saturated heterocycles. The zero-order chi connectivity index (χ0) is 8.27. The summed E-state index contributed by atoms with van der Waals surface area (Å²) in [4.78, 5) is 0. The first-order chi connectivity index (χ1) is 5.27. The molecule has 0 amide bonds. The van der Waals surface area contributed by atoms with Crippen molar-refractivity contribution in [2.24, 2.45) is 0 Å². The zero-order valence-corrected chi connectivity index (χ0v) is 8.97. The van der Waals surface area contributed by atoms with Crippen molar-refractivity contribution in [1.82, 2.24) is 0 Å². The normalized spacial score (nSPS) is 9.73. The quantitative estimate of drug-likeness (QED) is 0.637. The van der Waals surface area contributed by atoms with Crippen molar-refractivity contribution in [2.75, 3.05) is 12.4 Å². The van der Waals surface area contributed by atoms with Crippen molar-refractivity contribution in [3.8, 4) is 0 Å². The van der Waals surface area contributed by atoms with Crippen molar-refractivity contribution in [3.63, 3.8) is 0 Å². The number of nitrogens with one attached hydrogen (secondary N) is 1. The lowest BCUT2D eigenvalue weighted by molar-refractivity contribution is 1.35. The Morgan fingerprint density at radius 1 is 1.45 bits per heavy atom. The average molecular weight is 261 g/mol. The SMILES string of the molecule is CNc1cc(C)ccc1CI. The Balaban J connectivity index is 3.06. The molecule has 1 nitrogen and oxygen atoms in total. The summed E-state index contributed by atoms with van der Waals surface area (Å²) < 4.78 is 1.06. The molecule has 60 valence electrons. The molecule has 0 radical (unpaired) electrons. The number of hydrogen-bond acceptors (Lipinski definition) is 1. The summed E-state index contributed by atoms with van der Waals surface area (Å²) in [7, 11) is 1.96. The van der Waals surface area contributed by atoms with Gasteiger partial charge in [0.25, 0.3) is 0 Å². The van der Waals surface area contributed by atoms with Crippen LogP contribution in [0.2, 0.25) is 0 Å². The molecule has 0 heterocycles. The summed E-state index contributed by atoms with van der Waals surface area (Å²) in [6, 6.07) is 6.50. The minimum absolute atomic E-state index is 1.06. The van der Waals surface area contributed by atoms with E-state index in [1.54, 1.807) is 0 Å². The van der Waals surface area contributed by atoms with Crippen molar-refractivity contribution in [3.05, 3.63) is 29.3 Å². The van der Waals surface area contributed by atoms with E-state index in [-0.39, 0.29) is 0 Å². The zero-order valence-electron chi connectivity index (χ0n) is 6.82. The maximum absolute atomic E-state index is 3.18. The Kier molecular flexibility index (Phi) is 3.17. The lowest BCUT2D eigenvalue weighted by Gasteiger charge is -2.06. The van der Waals surface area contributed by atoms with Gasteiger partial charge in [0, 0.05) is 17.2 Å². The fourth-order valence-electron chi connectivity index (χ4n) is 1.04. The van der Waals surface area contributed by atoms with Gasteiger partial charge in [0.15, 0.2) is 0 Å². The average Bonchev–Trinajstić information content (AvgIpc) is 2.04. The molecule has 1 aromatic carbocycles. The summed E-state index contributed by atoms with van der Waals surface area (Å²) in [6.45, 7) is 2.11. The molecule has 1 aromatic rings. The van der Waals surface area contributed by atoms with Crippen LogP contribution in [-0.4, -0.2) is 7.05 Å². The van der Waals surface area contributed by atoms with Gasteiger partial charge < -0.3 is 5.32 Å². The third-order valence-electron chi connectivity index (χ3n) is 1.68. The number of aryl methyl sites for hydroxylation is 1. The van der Waals surface area contributed by atoms with Gasteiger partial charge in [0.2, 0.25) is 0 Å². The van der Waals surface area contributed by atoms with Gasteiger partial charge in [0.05, 0.1) is 0 Å². The fourth-order valence-corrected chi connectivity index (χ4v) is 1.70. The molecule has 0 atom stereocenters. The number of benzene rings is 1. The highest BCUT2D eigenvalue weighted by molar-refractivity contribution is 14.1. The molecule has 0 unspecified atom stereocenters. The number of rotatable bonds is 2. The summed E-state index contributed by atoms with van der Waals surface area (Å²) in [6.07, 6.45) is 0. The van der Waals surface area contributed by atoms with Crippen LogP contribution in [0.25, 0.3) is 0 Å². The van der Waals surface area contributed by atoms with E-state index >= 15 is 0 Å². The monoisotopic (exact) mass is 261 g/mol. The molecule has 0 aliphatic rings. The molecule has 11 heavy (non-hydrogen) atoms. The summed E-state index contributed by atoms with van der Waals surface area (Å²) in [5.41, 5.74) is 3.93. The third-order valence-corrected chi connectivity index (χ3v) is 2.50. The Labute approximate surface area is 81.3 Å². The lowest BCUT2D eigenvalue weighted by atomic mass is 10.1. The third kappa shape index (κ3) is 2.09. The molecule has 1 N–H and O–H groups in total. The maximum atomic E-state index is 3.18. The van der Waals surface area contributed by atoms with Crippen LogP contribution in [0.1, 0.15) is 11.1 Å². The molecular weight excluding hydrogens is 249 g/mol. The van der Waals surface area contributed by atoms with Crippen molar-refractivity contribution in [2.45, 2.75) is 11.4 Å². The summed E-state index contributed by atoms with van der Waals surface area (Å²) >= 11 is 2.37. The van der Waals surface area contributed by atoms with Crippen LogP contribution in [0, 0.1) is 6.92 Å². The summed E-state index contributed by atoms with van der Waals surface area (Å²) in [5, 5.41) is 3.18. The van der Waals surface area contributed by atoms with Crippen LogP contribution in [0.4, 0.5) is 5.69 Å². The first-order valence-corrected chi connectivity index (χ1v) is 5.13. The van der Waals surface area contributed by atoms with Crippen LogP contribution in [-0.2, 0) is 4.43 Å². The van der Waals surface area contributed by atoms with Crippen LogP contribution in [0.15, 0.2) is 18.2 Å². The van der Waals surface area contributed by atoms with E-state index in [2.05, 4.69) is 53.0 Å². The Morgan fingerprint density at radius 3 is 2.73 bits per heavy atom. The van der Waals surface area contributed by atoms with E-state index < -0.39 is 0 Å². The predicted octanol–water partition coefficient (Wildman–Crippen LogP) is 2.97. The van der Waals surface area contributed by atoms with Gasteiger partial charge >= 0.3 is 0 Å². The topological polar surface area (TPSA) is 12.0 Å². The van der Waals surface area contributed by atoms with Gasteiger partial charge in [0.1, 0.15) is 0 Å². The number of hydrogen-bond donors (Lipinski definition) is 1. The molecule has 0 spiro atoms. The first-order valence-electron chi connectivity index (χ1n) is 3.61. The van der Waals surface area contributed by atoms with E-state index in [1.807, 2.05) is 7.05 Å². The van der Waals surface area contributed by atoms with Crippen LogP contribution in [0.5, 0.6) is 0 Å². The molecule has 0 bridgehead atoms. The fraction of sp³-hybridized carbons (Fsp3) is 0.333. The van der Waals surface area contributed by atoms with Gasteiger partial charge in [-0.2, -0.15) is 0 Å². The molecule has 0 aromatic heterocycles. The van der Waals surface area contributed by atoms with Crippen LogP contribution in [0.3, 0.4) is 0 Å². The van der Waals surface area contributed by atoms with Gasteiger partial charge in [-0.3, -0.25) is 0 Å². The standard InChI is InChI=1S/C9H12IN/c1-7-3-4-8(6-10)9(5-7)11-2/h3-5,11H,6H2,1-2H3. The molecule has 1 rings (SSSR count). The van der Waals surface area contributed by atoms with Crippen molar-refractivity contribution < 1.29 is 0 Å².